The van der Waals surface area contributed by atoms with Gasteiger partial charge in [0.1, 0.15) is 5.75 Å². The summed E-state index contributed by atoms with van der Waals surface area (Å²) in [5, 5.41) is 16.4. The molecule has 0 aromatic carbocycles. The van der Waals surface area contributed by atoms with E-state index in [0.29, 0.717) is 11.6 Å². The molecule has 0 aliphatic heterocycles. The van der Waals surface area contributed by atoms with Crippen molar-refractivity contribution >= 4 is 5.97 Å². The lowest BCUT2D eigenvalue weighted by Crippen LogP contribution is -1.98. The number of carboxylic acids is 1. The lowest BCUT2D eigenvalue weighted by Gasteiger charge is -2.03. The SMILES string of the molecule is Cc1ccc(Oc2cncc(C(=O)O)c2)nn1. The van der Waals surface area contributed by atoms with E-state index in [-0.39, 0.29) is 5.56 Å². The number of pyridine rings is 1. The second kappa shape index (κ2) is 4.56. The third-order valence-electron chi connectivity index (χ3n) is 1.96. The average Bonchev–Trinajstić information content (AvgIpc) is 2.32. The molecule has 0 saturated heterocycles. The summed E-state index contributed by atoms with van der Waals surface area (Å²) in [5.41, 5.74) is 0.831. The van der Waals surface area contributed by atoms with Crippen LogP contribution < -0.4 is 4.74 Å². The number of hydrogen-bond donors (Lipinski definition) is 1. The maximum atomic E-state index is 10.7. The van der Waals surface area contributed by atoms with Gasteiger partial charge in [-0.1, -0.05) is 0 Å². The third-order valence-corrected chi connectivity index (χ3v) is 1.96. The topological polar surface area (TPSA) is 85.2 Å². The molecule has 0 aliphatic rings. The van der Waals surface area contributed by atoms with E-state index in [1.165, 1.54) is 18.5 Å². The molecule has 0 bridgehead atoms. The standard InChI is InChI=1S/C11H9N3O3/c1-7-2-3-10(14-13-7)17-9-4-8(11(15)16)5-12-6-9/h2-6H,1H3,(H,15,16). The zero-order valence-electron chi connectivity index (χ0n) is 8.99. The molecule has 0 unspecified atom stereocenters. The Balaban J connectivity index is 2.21. The summed E-state index contributed by atoms with van der Waals surface area (Å²) in [6, 6.07) is 4.77. The molecule has 2 rings (SSSR count). The fourth-order valence-corrected chi connectivity index (χ4v) is 1.15. The predicted molar refractivity (Wildman–Crippen MR) is 58.0 cm³/mol. The quantitative estimate of drug-likeness (QED) is 0.864. The Morgan fingerprint density at radius 1 is 1.29 bits per heavy atom. The van der Waals surface area contributed by atoms with E-state index in [9.17, 15) is 4.79 Å². The summed E-state index contributed by atoms with van der Waals surface area (Å²) in [6.07, 6.45) is 2.66. The Hall–Kier alpha value is -2.50. The van der Waals surface area contributed by atoms with Crippen LogP contribution in [0.25, 0.3) is 0 Å². The lowest BCUT2D eigenvalue weighted by molar-refractivity contribution is 0.0696. The Bertz CT molecular complexity index is 540. The largest absolute Gasteiger partial charge is 0.478 e. The Kier molecular flexibility index (Phi) is 2.95. The highest BCUT2D eigenvalue weighted by Gasteiger charge is 2.06. The molecule has 0 aliphatic carbocycles. The van der Waals surface area contributed by atoms with Crippen molar-refractivity contribution in [3.8, 4) is 11.6 Å². The number of ether oxygens (including phenoxy) is 1. The normalized spacial score (nSPS) is 9.94. The Labute approximate surface area is 96.9 Å². The molecule has 0 saturated carbocycles. The van der Waals surface area contributed by atoms with Gasteiger partial charge in [-0.05, 0) is 19.1 Å². The smallest absolute Gasteiger partial charge is 0.337 e. The maximum Gasteiger partial charge on any atom is 0.337 e. The summed E-state index contributed by atoms with van der Waals surface area (Å²) in [4.78, 5) is 14.5. The lowest BCUT2D eigenvalue weighted by atomic mass is 10.3. The van der Waals surface area contributed by atoms with Crippen LogP contribution in [0, 0.1) is 6.92 Å². The first-order valence-electron chi connectivity index (χ1n) is 4.81. The average molecular weight is 231 g/mol. The van der Waals surface area contributed by atoms with Gasteiger partial charge < -0.3 is 9.84 Å². The highest BCUT2D eigenvalue weighted by Crippen LogP contribution is 2.18. The minimum Gasteiger partial charge on any atom is -0.478 e. The molecule has 2 aromatic rings. The first kappa shape index (κ1) is 11.0. The Morgan fingerprint density at radius 2 is 2.12 bits per heavy atom. The van der Waals surface area contributed by atoms with Crippen LogP contribution in [0.1, 0.15) is 16.1 Å². The zero-order chi connectivity index (χ0) is 12.3. The first-order valence-corrected chi connectivity index (χ1v) is 4.81. The number of aromatic carboxylic acids is 1. The van der Waals surface area contributed by atoms with Crippen molar-refractivity contribution in [2.24, 2.45) is 0 Å². The maximum absolute atomic E-state index is 10.7. The summed E-state index contributed by atoms with van der Waals surface area (Å²) < 4.78 is 5.32. The van der Waals surface area contributed by atoms with Crippen LogP contribution in [0.2, 0.25) is 0 Å². The number of hydrogen-bond acceptors (Lipinski definition) is 5. The highest BCUT2D eigenvalue weighted by molar-refractivity contribution is 5.87. The van der Waals surface area contributed by atoms with Crippen molar-refractivity contribution in [1.82, 2.24) is 15.2 Å². The van der Waals surface area contributed by atoms with Gasteiger partial charge in [0, 0.05) is 12.3 Å². The minimum absolute atomic E-state index is 0.0579. The van der Waals surface area contributed by atoms with Gasteiger partial charge in [-0.2, -0.15) is 5.10 Å². The van der Waals surface area contributed by atoms with Crippen LogP contribution in [0.15, 0.2) is 30.6 Å². The van der Waals surface area contributed by atoms with Gasteiger partial charge in [0.15, 0.2) is 0 Å². The molecule has 6 heteroatoms. The van der Waals surface area contributed by atoms with Crippen LogP contribution in [-0.4, -0.2) is 26.3 Å². The van der Waals surface area contributed by atoms with Crippen LogP contribution in [-0.2, 0) is 0 Å². The fraction of sp³-hybridized carbons (Fsp3) is 0.0909. The van der Waals surface area contributed by atoms with Crippen molar-refractivity contribution in [2.75, 3.05) is 0 Å². The van der Waals surface area contributed by atoms with E-state index in [1.54, 1.807) is 12.1 Å². The molecular formula is C11H9N3O3. The van der Waals surface area contributed by atoms with Crippen LogP contribution in [0.4, 0.5) is 0 Å². The molecule has 2 aromatic heterocycles. The highest BCUT2D eigenvalue weighted by atomic mass is 16.5. The molecule has 0 spiro atoms. The van der Waals surface area contributed by atoms with Crippen LogP contribution >= 0.6 is 0 Å². The van der Waals surface area contributed by atoms with Gasteiger partial charge in [-0.15, -0.1) is 5.10 Å². The molecular weight excluding hydrogens is 222 g/mol. The van der Waals surface area contributed by atoms with Crippen molar-refractivity contribution in [3.05, 3.63) is 41.9 Å². The zero-order valence-corrected chi connectivity index (χ0v) is 8.99. The number of carbonyl (C=O) groups is 1. The number of aromatic nitrogens is 3. The number of rotatable bonds is 3. The molecule has 17 heavy (non-hydrogen) atoms. The van der Waals surface area contributed by atoms with Crippen LogP contribution in [0.5, 0.6) is 11.6 Å². The summed E-state index contributed by atoms with van der Waals surface area (Å²) in [6.45, 7) is 1.81. The molecule has 1 N–H and O–H groups in total. The third kappa shape index (κ3) is 2.75. The Morgan fingerprint density at radius 3 is 2.76 bits per heavy atom. The molecule has 0 fully saturated rings. The fourth-order valence-electron chi connectivity index (χ4n) is 1.15. The van der Waals surface area contributed by atoms with E-state index >= 15 is 0 Å². The number of nitrogens with zero attached hydrogens (tertiary/aromatic N) is 3. The van der Waals surface area contributed by atoms with Gasteiger partial charge >= 0.3 is 5.97 Å². The predicted octanol–water partition coefficient (Wildman–Crippen LogP) is 1.67. The van der Waals surface area contributed by atoms with E-state index in [4.69, 9.17) is 9.84 Å². The second-order valence-electron chi connectivity index (χ2n) is 3.33. The van der Waals surface area contributed by atoms with Crippen molar-refractivity contribution in [1.29, 1.82) is 0 Å². The minimum atomic E-state index is -1.06. The molecule has 6 nitrogen and oxygen atoms in total. The summed E-state index contributed by atoms with van der Waals surface area (Å²) in [7, 11) is 0. The molecule has 0 radical (unpaired) electrons. The van der Waals surface area contributed by atoms with Gasteiger partial charge in [0.2, 0.25) is 5.88 Å². The van der Waals surface area contributed by atoms with Gasteiger partial charge in [-0.25, -0.2) is 4.79 Å². The second-order valence-corrected chi connectivity index (χ2v) is 3.33. The summed E-state index contributed by atoms with van der Waals surface area (Å²) >= 11 is 0. The molecule has 86 valence electrons. The van der Waals surface area contributed by atoms with Crippen LogP contribution in [0.3, 0.4) is 0 Å². The number of carboxylic acid groups (broad SMARTS) is 1. The van der Waals surface area contributed by atoms with E-state index < -0.39 is 5.97 Å². The summed E-state index contributed by atoms with van der Waals surface area (Å²) in [5.74, 6) is -0.457. The van der Waals surface area contributed by atoms with E-state index in [2.05, 4.69) is 15.2 Å². The van der Waals surface area contributed by atoms with E-state index in [0.717, 1.165) is 5.69 Å². The van der Waals surface area contributed by atoms with Gasteiger partial charge in [0.25, 0.3) is 0 Å². The van der Waals surface area contributed by atoms with Crippen molar-refractivity contribution in [3.63, 3.8) is 0 Å². The molecule has 0 amide bonds. The monoisotopic (exact) mass is 231 g/mol. The molecule has 2 heterocycles. The van der Waals surface area contributed by atoms with Crippen molar-refractivity contribution in [2.45, 2.75) is 6.92 Å². The first-order chi connectivity index (χ1) is 8.15. The molecule has 0 atom stereocenters. The van der Waals surface area contributed by atoms with Gasteiger partial charge in [-0.3, -0.25) is 4.98 Å². The van der Waals surface area contributed by atoms with Gasteiger partial charge in [0.05, 0.1) is 17.5 Å². The van der Waals surface area contributed by atoms with Crippen molar-refractivity contribution < 1.29 is 14.6 Å². The van der Waals surface area contributed by atoms with E-state index in [1.807, 2.05) is 6.92 Å². The number of aryl methyl sites for hydroxylation is 1.